The molecule has 2 aliphatic rings. The number of carbonyl (C=O) groups is 1. The van der Waals surface area contributed by atoms with Crippen molar-refractivity contribution in [3.63, 3.8) is 0 Å². The van der Waals surface area contributed by atoms with Crippen molar-refractivity contribution < 1.29 is 15.0 Å². The first-order chi connectivity index (χ1) is 18.7. The standard InChI is InChI=1S/C29H38N6O4/c1-19(2)23-16-24(26(37)17-25(23)36)27-30-31-29(39)35(27)22-6-4-20(5-7-22)18-33-10-8-21(9-11-33)28(38)34-14-12-32(3)13-15-34/h4-7,16-17,19,21,36-37H,8-15,18H2,1-3H3,(H,31,39). The molecule has 0 radical (unpaired) electrons. The van der Waals surface area contributed by atoms with Crippen LogP contribution in [0.4, 0.5) is 0 Å². The molecule has 39 heavy (non-hydrogen) atoms. The number of hydrogen-bond donors (Lipinski definition) is 3. The van der Waals surface area contributed by atoms with Crippen LogP contribution in [0.5, 0.6) is 11.5 Å². The molecule has 2 fully saturated rings. The van der Waals surface area contributed by atoms with Crippen LogP contribution in [-0.4, -0.2) is 91.9 Å². The van der Waals surface area contributed by atoms with E-state index in [1.54, 1.807) is 6.07 Å². The number of piperazine rings is 1. The summed E-state index contributed by atoms with van der Waals surface area (Å²) in [7, 11) is 2.10. The van der Waals surface area contributed by atoms with Crippen molar-refractivity contribution in [2.75, 3.05) is 46.3 Å². The Balaban J connectivity index is 1.25. The van der Waals surface area contributed by atoms with Gasteiger partial charge in [-0.3, -0.25) is 9.69 Å². The Morgan fingerprint density at radius 2 is 1.67 bits per heavy atom. The Bertz CT molecular complexity index is 1360. The minimum absolute atomic E-state index is 0.00719. The number of aromatic hydroxyl groups is 2. The van der Waals surface area contributed by atoms with Crippen LogP contribution in [0, 0.1) is 5.92 Å². The summed E-state index contributed by atoms with van der Waals surface area (Å²) in [6, 6.07) is 10.7. The molecule has 0 saturated carbocycles. The average molecular weight is 535 g/mol. The number of benzene rings is 2. The molecule has 5 rings (SSSR count). The number of carbonyl (C=O) groups excluding carboxylic acids is 1. The molecule has 0 atom stereocenters. The summed E-state index contributed by atoms with van der Waals surface area (Å²) in [5, 5.41) is 27.4. The lowest BCUT2D eigenvalue weighted by atomic mass is 9.94. The second-order valence-corrected chi connectivity index (χ2v) is 11.1. The van der Waals surface area contributed by atoms with E-state index in [1.807, 2.05) is 43.0 Å². The number of likely N-dealkylation sites (tertiary alicyclic amines) is 1. The minimum atomic E-state index is -0.414. The predicted molar refractivity (Wildman–Crippen MR) is 149 cm³/mol. The number of phenols is 2. The zero-order chi connectivity index (χ0) is 27.7. The van der Waals surface area contributed by atoms with Crippen LogP contribution in [0.3, 0.4) is 0 Å². The third-order valence-corrected chi connectivity index (χ3v) is 8.03. The van der Waals surface area contributed by atoms with Crippen LogP contribution in [0.15, 0.2) is 41.2 Å². The van der Waals surface area contributed by atoms with Gasteiger partial charge in [-0.15, -0.1) is 0 Å². The Morgan fingerprint density at radius 3 is 2.31 bits per heavy atom. The van der Waals surface area contributed by atoms with Gasteiger partial charge in [0, 0.05) is 44.7 Å². The summed E-state index contributed by atoms with van der Waals surface area (Å²) in [6.07, 6.45) is 1.76. The fraction of sp³-hybridized carbons (Fsp3) is 0.483. The number of H-pyrrole nitrogens is 1. The highest BCUT2D eigenvalue weighted by molar-refractivity contribution is 5.79. The minimum Gasteiger partial charge on any atom is -0.508 e. The van der Waals surface area contributed by atoms with Crippen LogP contribution in [-0.2, 0) is 11.3 Å². The van der Waals surface area contributed by atoms with E-state index >= 15 is 0 Å². The van der Waals surface area contributed by atoms with Crippen LogP contribution < -0.4 is 5.69 Å². The van der Waals surface area contributed by atoms with E-state index in [-0.39, 0.29) is 29.2 Å². The van der Waals surface area contributed by atoms with E-state index in [0.29, 0.717) is 22.7 Å². The third-order valence-electron chi connectivity index (χ3n) is 8.03. The number of rotatable bonds is 6. The maximum Gasteiger partial charge on any atom is 0.348 e. The van der Waals surface area contributed by atoms with Gasteiger partial charge in [0.1, 0.15) is 11.5 Å². The number of hydrogen-bond acceptors (Lipinski definition) is 7. The van der Waals surface area contributed by atoms with E-state index in [9.17, 15) is 19.8 Å². The molecule has 3 aromatic rings. The number of piperidine rings is 1. The normalized spacial score (nSPS) is 17.7. The molecule has 10 heteroatoms. The van der Waals surface area contributed by atoms with Crippen LogP contribution in [0.25, 0.3) is 17.1 Å². The summed E-state index contributed by atoms with van der Waals surface area (Å²) >= 11 is 0. The molecule has 0 unspecified atom stereocenters. The molecule has 2 aromatic carbocycles. The summed E-state index contributed by atoms with van der Waals surface area (Å²) in [5.41, 5.74) is 2.36. The second-order valence-electron chi connectivity index (χ2n) is 11.1. The Labute approximate surface area is 228 Å². The zero-order valence-corrected chi connectivity index (χ0v) is 22.9. The Hall–Kier alpha value is -3.63. The van der Waals surface area contributed by atoms with Gasteiger partial charge in [0.25, 0.3) is 0 Å². The van der Waals surface area contributed by atoms with Gasteiger partial charge in [-0.05, 0) is 68.2 Å². The smallest absolute Gasteiger partial charge is 0.348 e. The van der Waals surface area contributed by atoms with E-state index < -0.39 is 5.69 Å². The number of amides is 1. The highest BCUT2D eigenvalue weighted by atomic mass is 16.3. The maximum absolute atomic E-state index is 12.9. The van der Waals surface area contributed by atoms with Gasteiger partial charge in [0.05, 0.1) is 11.3 Å². The molecule has 1 aromatic heterocycles. The zero-order valence-electron chi connectivity index (χ0n) is 22.9. The number of nitrogens with zero attached hydrogens (tertiary/aromatic N) is 5. The van der Waals surface area contributed by atoms with Crippen molar-refractivity contribution in [2.45, 2.75) is 39.2 Å². The highest BCUT2D eigenvalue weighted by Gasteiger charge is 2.30. The first-order valence-electron chi connectivity index (χ1n) is 13.7. The number of aromatic amines is 1. The third kappa shape index (κ3) is 5.72. The molecule has 0 spiro atoms. The molecular weight excluding hydrogens is 496 g/mol. The van der Waals surface area contributed by atoms with Gasteiger partial charge < -0.3 is 20.0 Å². The monoisotopic (exact) mass is 534 g/mol. The molecular formula is C29H38N6O4. The van der Waals surface area contributed by atoms with Gasteiger partial charge in [0.15, 0.2) is 5.82 Å². The quantitative estimate of drug-likeness (QED) is 0.445. The maximum atomic E-state index is 12.9. The van der Waals surface area contributed by atoms with Crippen LogP contribution >= 0.6 is 0 Å². The van der Waals surface area contributed by atoms with Crippen LogP contribution in [0.1, 0.15) is 43.7 Å². The number of phenolic OH excluding ortho intramolecular Hbond substituents is 2. The topological polar surface area (TPSA) is 118 Å². The van der Waals surface area contributed by atoms with Crippen molar-refractivity contribution in [2.24, 2.45) is 5.92 Å². The first kappa shape index (κ1) is 27.0. The number of nitrogens with one attached hydrogen (secondary N) is 1. The number of likely N-dealkylation sites (N-methyl/N-ethyl adjacent to an activating group) is 1. The molecule has 0 bridgehead atoms. The summed E-state index contributed by atoms with van der Waals surface area (Å²) in [5.74, 6) is 0.590. The van der Waals surface area contributed by atoms with E-state index in [0.717, 1.165) is 64.2 Å². The molecule has 3 heterocycles. The summed E-state index contributed by atoms with van der Waals surface area (Å²) in [6.45, 7) is 9.98. The van der Waals surface area contributed by atoms with E-state index in [4.69, 9.17) is 0 Å². The van der Waals surface area contributed by atoms with Gasteiger partial charge in [0.2, 0.25) is 5.91 Å². The summed E-state index contributed by atoms with van der Waals surface area (Å²) in [4.78, 5) is 32.3. The van der Waals surface area contributed by atoms with Gasteiger partial charge in [-0.2, -0.15) is 5.10 Å². The van der Waals surface area contributed by atoms with Crippen molar-refractivity contribution in [1.82, 2.24) is 29.5 Å². The largest absolute Gasteiger partial charge is 0.508 e. The predicted octanol–water partition coefficient (Wildman–Crippen LogP) is 2.75. The lowest BCUT2D eigenvalue weighted by Gasteiger charge is -2.37. The SMILES string of the molecule is CC(C)c1cc(-c2n[nH]c(=O)n2-c2ccc(CN3CCC(C(=O)N4CCN(C)CC4)CC3)cc2)c(O)cc1O. The van der Waals surface area contributed by atoms with Crippen molar-refractivity contribution in [3.8, 4) is 28.6 Å². The average Bonchev–Trinajstić information content (AvgIpc) is 3.30. The molecule has 0 aliphatic carbocycles. The lowest BCUT2D eigenvalue weighted by Crippen LogP contribution is -2.50. The van der Waals surface area contributed by atoms with Crippen LogP contribution in [0.2, 0.25) is 0 Å². The fourth-order valence-electron chi connectivity index (χ4n) is 5.58. The molecule has 2 saturated heterocycles. The van der Waals surface area contributed by atoms with E-state index in [2.05, 4.69) is 27.0 Å². The first-order valence-corrected chi connectivity index (χ1v) is 13.7. The number of aromatic nitrogens is 3. The Kier molecular flexibility index (Phi) is 7.76. The molecule has 208 valence electrons. The van der Waals surface area contributed by atoms with Crippen molar-refractivity contribution >= 4 is 5.91 Å². The fourth-order valence-corrected chi connectivity index (χ4v) is 5.58. The molecule has 3 N–H and O–H groups in total. The van der Waals surface area contributed by atoms with Gasteiger partial charge in [-0.25, -0.2) is 14.5 Å². The summed E-state index contributed by atoms with van der Waals surface area (Å²) < 4.78 is 1.43. The Morgan fingerprint density at radius 1 is 1.00 bits per heavy atom. The van der Waals surface area contributed by atoms with Crippen molar-refractivity contribution in [3.05, 3.63) is 58.0 Å². The molecule has 10 nitrogen and oxygen atoms in total. The van der Waals surface area contributed by atoms with Gasteiger partial charge >= 0.3 is 5.69 Å². The highest BCUT2D eigenvalue weighted by Crippen LogP contribution is 2.37. The van der Waals surface area contributed by atoms with E-state index in [1.165, 1.54) is 10.6 Å². The molecule has 1 amide bonds. The lowest BCUT2D eigenvalue weighted by molar-refractivity contribution is -0.138. The van der Waals surface area contributed by atoms with Gasteiger partial charge in [-0.1, -0.05) is 26.0 Å². The molecule has 2 aliphatic heterocycles. The van der Waals surface area contributed by atoms with Crippen molar-refractivity contribution in [1.29, 1.82) is 0 Å². The second kappa shape index (κ2) is 11.2.